The van der Waals surface area contributed by atoms with Crippen molar-refractivity contribution >= 4 is 21.6 Å². The second-order valence-electron chi connectivity index (χ2n) is 5.82. The Kier molecular flexibility index (Phi) is 3.29. The molecule has 7 heteroatoms. The summed E-state index contributed by atoms with van der Waals surface area (Å²) in [5.41, 5.74) is 2.03. The highest BCUT2D eigenvalue weighted by atomic mass is 32.1. The van der Waals surface area contributed by atoms with Gasteiger partial charge >= 0.3 is 0 Å². The van der Waals surface area contributed by atoms with Crippen LogP contribution in [0.1, 0.15) is 0 Å². The van der Waals surface area contributed by atoms with E-state index in [1.807, 2.05) is 11.4 Å². The summed E-state index contributed by atoms with van der Waals surface area (Å²) < 4.78 is 23.8. The second-order valence-corrected chi connectivity index (χ2v) is 6.68. The van der Waals surface area contributed by atoms with E-state index in [4.69, 9.17) is 9.47 Å². The third-order valence-electron chi connectivity index (χ3n) is 4.25. The van der Waals surface area contributed by atoms with E-state index in [2.05, 4.69) is 9.97 Å². The first-order chi connectivity index (χ1) is 12.7. The Morgan fingerprint density at radius 3 is 2.65 bits per heavy atom. The molecule has 5 nitrogen and oxygen atoms in total. The number of rotatable bonds is 2. The van der Waals surface area contributed by atoms with E-state index in [1.54, 1.807) is 24.3 Å². The van der Waals surface area contributed by atoms with Crippen molar-refractivity contribution in [2.75, 3.05) is 6.79 Å². The molecule has 2 aromatic carbocycles. The van der Waals surface area contributed by atoms with Gasteiger partial charge in [-0.25, -0.2) is 9.37 Å². The number of ether oxygens (including phenoxy) is 2. The molecule has 4 aromatic rings. The lowest BCUT2D eigenvalue weighted by Gasteiger charge is -2.04. The van der Waals surface area contributed by atoms with Gasteiger partial charge in [0.05, 0.1) is 5.39 Å². The number of aromatic nitrogens is 2. The van der Waals surface area contributed by atoms with Gasteiger partial charge in [-0.1, -0.05) is 12.1 Å². The van der Waals surface area contributed by atoms with E-state index >= 15 is 0 Å². The topological polar surface area (TPSA) is 64.2 Å². The van der Waals surface area contributed by atoms with Crippen LogP contribution < -0.4 is 15.0 Å². The predicted molar refractivity (Wildman–Crippen MR) is 97.2 cm³/mol. The molecule has 0 aliphatic carbocycles. The molecule has 1 aliphatic rings. The molecule has 0 unspecified atom stereocenters. The molecule has 0 bridgehead atoms. The van der Waals surface area contributed by atoms with Crippen molar-refractivity contribution in [3.8, 4) is 34.0 Å². The van der Waals surface area contributed by atoms with Crippen molar-refractivity contribution in [1.29, 1.82) is 0 Å². The average Bonchev–Trinajstić information content (AvgIpc) is 3.28. The molecular weight excluding hydrogens is 355 g/mol. The maximum absolute atomic E-state index is 13.2. The van der Waals surface area contributed by atoms with Crippen LogP contribution in [0.4, 0.5) is 4.39 Å². The largest absolute Gasteiger partial charge is 0.454 e. The Morgan fingerprint density at radius 1 is 1.04 bits per heavy atom. The Balaban J connectivity index is 1.65. The van der Waals surface area contributed by atoms with Gasteiger partial charge in [-0.05, 0) is 35.9 Å². The average molecular weight is 366 g/mol. The van der Waals surface area contributed by atoms with Crippen LogP contribution in [0.2, 0.25) is 0 Å². The highest BCUT2D eigenvalue weighted by Gasteiger charge is 2.17. The summed E-state index contributed by atoms with van der Waals surface area (Å²) in [6, 6.07) is 11.5. The molecule has 0 saturated carbocycles. The second kappa shape index (κ2) is 5.67. The van der Waals surface area contributed by atoms with E-state index in [0.717, 1.165) is 16.7 Å². The number of halogens is 1. The first-order valence-corrected chi connectivity index (χ1v) is 8.74. The molecule has 0 fully saturated rings. The van der Waals surface area contributed by atoms with Gasteiger partial charge in [0.15, 0.2) is 11.5 Å². The molecule has 3 heterocycles. The zero-order valence-electron chi connectivity index (χ0n) is 13.3. The van der Waals surface area contributed by atoms with Gasteiger partial charge in [-0.2, -0.15) is 0 Å². The zero-order valence-corrected chi connectivity index (χ0v) is 14.1. The van der Waals surface area contributed by atoms with Crippen molar-refractivity contribution in [3.63, 3.8) is 0 Å². The van der Waals surface area contributed by atoms with Crippen molar-refractivity contribution in [2.24, 2.45) is 0 Å². The van der Waals surface area contributed by atoms with Crippen LogP contribution in [0, 0.1) is 5.82 Å². The molecule has 1 N–H and O–H groups in total. The SMILES string of the molecule is O=c1[nH]c(-c2ccc3c(c2)OCO3)nc2scc(-c3ccc(F)cc3)c12. The van der Waals surface area contributed by atoms with Crippen molar-refractivity contribution in [2.45, 2.75) is 0 Å². The van der Waals surface area contributed by atoms with E-state index < -0.39 is 0 Å². The summed E-state index contributed by atoms with van der Waals surface area (Å²) in [5, 5.41) is 2.37. The highest BCUT2D eigenvalue weighted by Crippen LogP contribution is 2.36. The Labute approximate surface area is 150 Å². The van der Waals surface area contributed by atoms with Crippen molar-refractivity contribution in [3.05, 3.63) is 64.0 Å². The summed E-state index contributed by atoms with van der Waals surface area (Å²) in [6.45, 7) is 0.188. The van der Waals surface area contributed by atoms with Crippen LogP contribution in [-0.4, -0.2) is 16.8 Å². The van der Waals surface area contributed by atoms with Crippen molar-refractivity contribution in [1.82, 2.24) is 9.97 Å². The standard InChI is InChI=1S/C19H11FN2O3S/c20-12-4-1-10(2-5-12)13-8-26-19-16(13)18(23)21-17(22-19)11-3-6-14-15(7-11)25-9-24-14/h1-8H,9H2,(H,21,22,23). The van der Waals surface area contributed by atoms with Crippen LogP contribution in [0.25, 0.3) is 32.7 Å². The molecule has 0 saturated heterocycles. The third-order valence-corrected chi connectivity index (χ3v) is 5.12. The zero-order chi connectivity index (χ0) is 17.7. The summed E-state index contributed by atoms with van der Waals surface area (Å²) >= 11 is 1.38. The number of benzene rings is 2. The predicted octanol–water partition coefficient (Wildman–Crippen LogP) is 4.19. The quantitative estimate of drug-likeness (QED) is 0.578. The summed E-state index contributed by atoms with van der Waals surface area (Å²) in [6.07, 6.45) is 0. The van der Waals surface area contributed by atoms with Gasteiger partial charge in [-0.3, -0.25) is 4.79 Å². The number of nitrogens with zero attached hydrogens (tertiary/aromatic N) is 1. The van der Waals surface area contributed by atoms with E-state index in [1.165, 1.54) is 23.5 Å². The Morgan fingerprint density at radius 2 is 1.81 bits per heavy atom. The van der Waals surface area contributed by atoms with Crippen LogP contribution >= 0.6 is 11.3 Å². The fourth-order valence-corrected chi connectivity index (χ4v) is 3.92. The first-order valence-electron chi connectivity index (χ1n) is 7.86. The third kappa shape index (κ3) is 2.36. The van der Waals surface area contributed by atoms with Crippen LogP contribution in [0.3, 0.4) is 0 Å². The molecule has 2 aromatic heterocycles. The summed E-state index contributed by atoms with van der Waals surface area (Å²) in [4.78, 5) is 20.8. The first kappa shape index (κ1) is 15.1. The van der Waals surface area contributed by atoms with Crippen LogP contribution in [0.5, 0.6) is 11.5 Å². The minimum atomic E-state index is -0.314. The molecular formula is C19H11FN2O3S. The van der Waals surface area contributed by atoms with E-state index in [9.17, 15) is 9.18 Å². The van der Waals surface area contributed by atoms with Gasteiger partial charge in [-0.15, -0.1) is 11.3 Å². The molecule has 0 spiro atoms. The number of thiophene rings is 1. The molecule has 0 atom stereocenters. The van der Waals surface area contributed by atoms with Gasteiger partial charge in [0, 0.05) is 16.5 Å². The Bertz CT molecular complexity index is 1200. The minimum Gasteiger partial charge on any atom is -0.454 e. The van der Waals surface area contributed by atoms with Gasteiger partial charge < -0.3 is 14.5 Å². The number of fused-ring (bicyclic) bond motifs is 2. The lowest BCUT2D eigenvalue weighted by Crippen LogP contribution is -2.09. The lowest BCUT2D eigenvalue weighted by molar-refractivity contribution is 0.174. The maximum Gasteiger partial charge on any atom is 0.260 e. The van der Waals surface area contributed by atoms with Gasteiger partial charge in [0.25, 0.3) is 5.56 Å². The summed E-state index contributed by atoms with van der Waals surface area (Å²) in [5.74, 6) is 1.45. The number of aromatic amines is 1. The van der Waals surface area contributed by atoms with Crippen LogP contribution in [-0.2, 0) is 0 Å². The van der Waals surface area contributed by atoms with Gasteiger partial charge in [0.2, 0.25) is 6.79 Å². The fraction of sp³-hybridized carbons (Fsp3) is 0.0526. The Hall–Kier alpha value is -3.19. The summed E-state index contributed by atoms with van der Waals surface area (Å²) in [7, 11) is 0. The molecule has 5 rings (SSSR count). The molecule has 128 valence electrons. The minimum absolute atomic E-state index is 0.188. The molecule has 26 heavy (non-hydrogen) atoms. The number of H-pyrrole nitrogens is 1. The fourth-order valence-electron chi connectivity index (χ4n) is 2.97. The number of hydrogen-bond donors (Lipinski definition) is 1. The normalized spacial score (nSPS) is 12.7. The van der Waals surface area contributed by atoms with E-state index in [-0.39, 0.29) is 18.2 Å². The highest BCUT2D eigenvalue weighted by molar-refractivity contribution is 7.17. The number of nitrogens with one attached hydrogen (secondary N) is 1. The van der Waals surface area contributed by atoms with Gasteiger partial charge in [0.1, 0.15) is 16.5 Å². The maximum atomic E-state index is 13.2. The van der Waals surface area contributed by atoms with E-state index in [0.29, 0.717) is 27.5 Å². The molecule has 0 radical (unpaired) electrons. The number of hydrogen-bond acceptors (Lipinski definition) is 5. The monoisotopic (exact) mass is 366 g/mol. The lowest BCUT2D eigenvalue weighted by atomic mass is 10.1. The smallest absolute Gasteiger partial charge is 0.260 e. The molecule has 0 amide bonds. The molecule has 1 aliphatic heterocycles. The van der Waals surface area contributed by atoms with Crippen LogP contribution in [0.15, 0.2) is 52.6 Å². The van der Waals surface area contributed by atoms with Crippen molar-refractivity contribution < 1.29 is 13.9 Å².